The minimum absolute atomic E-state index is 0.0491. The van der Waals surface area contributed by atoms with Crippen LogP contribution in [0.3, 0.4) is 0 Å². The second-order valence-electron chi connectivity index (χ2n) is 6.51. The van der Waals surface area contributed by atoms with Gasteiger partial charge >= 0.3 is 11.7 Å². The van der Waals surface area contributed by atoms with Crippen molar-refractivity contribution < 1.29 is 28.8 Å². The van der Waals surface area contributed by atoms with Crippen LogP contribution in [0.15, 0.2) is 53.4 Å². The minimum atomic E-state index is -1.08. The molecule has 1 aliphatic rings. The number of hydrogen-bond donors (Lipinski definition) is 0. The summed E-state index contributed by atoms with van der Waals surface area (Å²) < 4.78 is 10.2. The molecule has 1 heterocycles. The van der Waals surface area contributed by atoms with Gasteiger partial charge in [-0.2, -0.15) is 0 Å². The molecular weight excluding hydrogens is 424 g/mol. The molecule has 1 saturated heterocycles. The van der Waals surface area contributed by atoms with E-state index in [0.29, 0.717) is 17.3 Å². The Morgan fingerprint density at radius 1 is 1.23 bits per heavy atom. The minimum Gasteiger partial charge on any atom is -0.482 e. The molecule has 2 aromatic carbocycles. The van der Waals surface area contributed by atoms with Crippen molar-refractivity contribution in [3.8, 4) is 5.75 Å². The van der Waals surface area contributed by atoms with E-state index >= 15 is 0 Å². The Hall–Kier alpha value is -3.66. The molecule has 0 bridgehead atoms. The summed E-state index contributed by atoms with van der Waals surface area (Å²) in [4.78, 5) is 48.2. The SMILES string of the molecule is COC(=O)[C@H](C)N1C(=O)S/C(=C/c2ccc(OCc3ccccc3)c([N+](=O)[O-])c2)C1=O. The molecule has 2 amide bonds. The summed E-state index contributed by atoms with van der Waals surface area (Å²) in [6.07, 6.45) is 1.36. The fourth-order valence-corrected chi connectivity index (χ4v) is 3.77. The highest BCUT2D eigenvalue weighted by Crippen LogP contribution is 2.35. The molecule has 0 N–H and O–H groups in total. The number of carbonyl (C=O) groups is 3. The Bertz CT molecular complexity index is 1070. The lowest BCUT2D eigenvalue weighted by Gasteiger charge is -2.18. The fourth-order valence-electron chi connectivity index (χ4n) is 2.87. The van der Waals surface area contributed by atoms with Gasteiger partial charge in [0.2, 0.25) is 0 Å². The van der Waals surface area contributed by atoms with Crippen molar-refractivity contribution in [1.29, 1.82) is 0 Å². The lowest BCUT2D eigenvalue weighted by molar-refractivity contribution is -0.386. The highest BCUT2D eigenvalue weighted by atomic mass is 32.2. The quantitative estimate of drug-likeness (QED) is 0.275. The number of imide groups is 1. The van der Waals surface area contributed by atoms with E-state index in [1.165, 1.54) is 25.1 Å². The van der Waals surface area contributed by atoms with Crippen LogP contribution >= 0.6 is 11.8 Å². The maximum atomic E-state index is 12.6. The molecule has 3 rings (SSSR count). The third-order valence-corrected chi connectivity index (χ3v) is 5.35. The Morgan fingerprint density at radius 2 is 1.94 bits per heavy atom. The zero-order valence-electron chi connectivity index (χ0n) is 16.6. The Balaban J connectivity index is 1.83. The van der Waals surface area contributed by atoms with Crippen LogP contribution in [-0.4, -0.2) is 40.1 Å². The van der Waals surface area contributed by atoms with Gasteiger partial charge in [0.1, 0.15) is 12.6 Å². The molecule has 160 valence electrons. The van der Waals surface area contributed by atoms with E-state index in [4.69, 9.17) is 4.74 Å². The summed E-state index contributed by atoms with van der Waals surface area (Å²) in [5.74, 6) is -1.31. The van der Waals surface area contributed by atoms with Crippen LogP contribution in [0.25, 0.3) is 6.08 Å². The number of benzene rings is 2. The largest absolute Gasteiger partial charge is 0.482 e. The summed E-state index contributed by atoms with van der Waals surface area (Å²) in [5.41, 5.74) is 0.927. The van der Waals surface area contributed by atoms with Crippen molar-refractivity contribution in [2.24, 2.45) is 0 Å². The Morgan fingerprint density at radius 3 is 2.58 bits per heavy atom. The second kappa shape index (κ2) is 9.43. The fraction of sp³-hybridized carbons (Fsp3) is 0.190. The lowest BCUT2D eigenvalue weighted by Crippen LogP contribution is -2.42. The molecule has 10 heteroatoms. The molecule has 2 aromatic rings. The lowest BCUT2D eigenvalue weighted by atomic mass is 10.1. The van der Waals surface area contributed by atoms with Crippen LogP contribution in [0.1, 0.15) is 18.1 Å². The van der Waals surface area contributed by atoms with Gasteiger partial charge in [-0.1, -0.05) is 36.4 Å². The van der Waals surface area contributed by atoms with Gasteiger partial charge in [0.25, 0.3) is 11.1 Å². The molecule has 31 heavy (non-hydrogen) atoms. The molecule has 0 radical (unpaired) electrons. The number of nitro benzene ring substituents is 1. The number of ether oxygens (including phenoxy) is 2. The molecule has 1 fully saturated rings. The first-order valence-corrected chi connectivity index (χ1v) is 9.93. The molecular formula is C21H18N2O7S. The summed E-state index contributed by atoms with van der Waals surface area (Å²) in [7, 11) is 1.16. The van der Waals surface area contributed by atoms with Crippen LogP contribution in [0, 0.1) is 10.1 Å². The van der Waals surface area contributed by atoms with Crippen LogP contribution < -0.4 is 4.74 Å². The monoisotopic (exact) mass is 442 g/mol. The van der Waals surface area contributed by atoms with Crippen molar-refractivity contribution in [2.45, 2.75) is 19.6 Å². The van der Waals surface area contributed by atoms with Crippen LogP contribution in [0.2, 0.25) is 0 Å². The highest BCUT2D eigenvalue weighted by Gasteiger charge is 2.41. The number of thioether (sulfide) groups is 1. The Kier molecular flexibility index (Phi) is 6.71. The topological polar surface area (TPSA) is 116 Å². The number of nitrogens with zero attached hydrogens (tertiary/aromatic N) is 2. The van der Waals surface area contributed by atoms with Gasteiger partial charge in [0.15, 0.2) is 5.75 Å². The van der Waals surface area contributed by atoms with E-state index in [1.54, 1.807) is 6.07 Å². The smallest absolute Gasteiger partial charge is 0.328 e. The summed E-state index contributed by atoms with van der Waals surface area (Å²) >= 11 is 0.649. The van der Waals surface area contributed by atoms with Gasteiger partial charge in [0.05, 0.1) is 16.9 Å². The summed E-state index contributed by atoms with van der Waals surface area (Å²) in [6.45, 7) is 1.54. The van der Waals surface area contributed by atoms with Crippen molar-refractivity contribution >= 4 is 40.6 Å². The Labute approximate surface area is 181 Å². The highest BCUT2D eigenvalue weighted by molar-refractivity contribution is 8.18. The molecule has 1 atom stereocenters. The van der Waals surface area contributed by atoms with Crippen LogP contribution in [-0.2, 0) is 20.9 Å². The maximum Gasteiger partial charge on any atom is 0.328 e. The standard InChI is InChI=1S/C21H18N2O7S/c1-13(20(25)29-2)22-19(24)18(31-21(22)26)11-15-8-9-17(16(10-15)23(27)28)30-12-14-6-4-3-5-7-14/h3-11,13H,12H2,1-2H3/b18-11+/t13-/m0/s1. The maximum absolute atomic E-state index is 12.6. The number of carbonyl (C=O) groups excluding carboxylic acids is 3. The zero-order chi connectivity index (χ0) is 22.5. The number of esters is 1. The van der Waals surface area contributed by atoms with Gasteiger partial charge in [-0.05, 0) is 42.0 Å². The van der Waals surface area contributed by atoms with Crippen molar-refractivity contribution in [3.63, 3.8) is 0 Å². The van der Waals surface area contributed by atoms with Gasteiger partial charge in [-0.3, -0.25) is 24.6 Å². The molecule has 1 aliphatic heterocycles. The first-order valence-electron chi connectivity index (χ1n) is 9.12. The van der Waals surface area contributed by atoms with Crippen molar-refractivity contribution in [1.82, 2.24) is 4.90 Å². The molecule has 0 unspecified atom stereocenters. The van der Waals surface area contributed by atoms with Gasteiger partial charge in [-0.25, -0.2) is 4.79 Å². The molecule has 0 spiro atoms. The van der Waals surface area contributed by atoms with E-state index in [-0.39, 0.29) is 22.9 Å². The van der Waals surface area contributed by atoms with E-state index < -0.39 is 28.1 Å². The first kappa shape index (κ1) is 22.0. The summed E-state index contributed by atoms with van der Waals surface area (Å²) in [5, 5.41) is 10.9. The van der Waals surface area contributed by atoms with E-state index in [2.05, 4.69) is 4.74 Å². The van der Waals surface area contributed by atoms with E-state index in [1.807, 2.05) is 30.3 Å². The molecule has 9 nitrogen and oxygen atoms in total. The normalized spacial score (nSPS) is 15.8. The number of nitro groups is 1. The van der Waals surface area contributed by atoms with Crippen molar-refractivity contribution in [2.75, 3.05) is 7.11 Å². The second-order valence-corrected chi connectivity index (χ2v) is 7.50. The third kappa shape index (κ3) is 4.92. The average Bonchev–Trinajstić information content (AvgIpc) is 3.04. The predicted molar refractivity (Wildman–Crippen MR) is 113 cm³/mol. The molecule has 0 saturated carbocycles. The van der Waals surface area contributed by atoms with E-state index in [9.17, 15) is 24.5 Å². The molecule has 0 aliphatic carbocycles. The first-order chi connectivity index (χ1) is 14.8. The number of hydrogen-bond acceptors (Lipinski definition) is 8. The van der Waals surface area contributed by atoms with Gasteiger partial charge in [0, 0.05) is 6.07 Å². The van der Waals surface area contributed by atoms with Gasteiger partial charge < -0.3 is 9.47 Å². The number of methoxy groups -OCH3 is 1. The number of rotatable bonds is 7. The van der Waals surface area contributed by atoms with Crippen LogP contribution in [0.5, 0.6) is 5.75 Å². The van der Waals surface area contributed by atoms with Gasteiger partial charge in [-0.15, -0.1) is 0 Å². The summed E-state index contributed by atoms with van der Waals surface area (Å²) in [6, 6.07) is 12.4. The molecule has 0 aromatic heterocycles. The third-order valence-electron chi connectivity index (χ3n) is 4.47. The number of amides is 2. The van der Waals surface area contributed by atoms with E-state index in [0.717, 1.165) is 17.6 Å². The predicted octanol–water partition coefficient (Wildman–Crippen LogP) is 3.77. The van der Waals surface area contributed by atoms with Crippen molar-refractivity contribution in [3.05, 3.63) is 74.7 Å². The average molecular weight is 442 g/mol. The van der Waals surface area contributed by atoms with Crippen LogP contribution in [0.4, 0.5) is 10.5 Å². The zero-order valence-corrected chi connectivity index (χ0v) is 17.5.